The van der Waals surface area contributed by atoms with Crippen LogP contribution in [-0.4, -0.2) is 19.7 Å². The van der Waals surface area contributed by atoms with Gasteiger partial charge in [0.05, 0.1) is 0 Å². The van der Waals surface area contributed by atoms with E-state index in [1.807, 2.05) is 18.2 Å². The Morgan fingerprint density at radius 1 is 1.00 bits per heavy atom. The number of aromatic nitrogens is 4. The molecule has 2 heterocycles. The highest BCUT2D eigenvalue weighted by molar-refractivity contribution is 5.54. The van der Waals surface area contributed by atoms with Crippen molar-refractivity contribution in [2.24, 2.45) is 0 Å². The zero-order valence-corrected chi connectivity index (χ0v) is 11.6. The van der Waals surface area contributed by atoms with E-state index in [1.54, 1.807) is 6.20 Å². The van der Waals surface area contributed by atoms with Gasteiger partial charge in [0.15, 0.2) is 5.82 Å². The van der Waals surface area contributed by atoms with Crippen LogP contribution in [-0.2, 0) is 6.42 Å². The summed E-state index contributed by atoms with van der Waals surface area (Å²) in [5.41, 5.74) is 3.14. The van der Waals surface area contributed by atoms with Gasteiger partial charge < -0.3 is 0 Å². The summed E-state index contributed by atoms with van der Waals surface area (Å²) in [4.78, 5) is 4.38. The van der Waals surface area contributed by atoms with E-state index in [1.165, 1.54) is 5.56 Å². The highest BCUT2D eigenvalue weighted by Crippen LogP contribution is 2.21. The number of aryl methyl sites for hydroxylation is 2. The summed E-state index contributed by atoms with van der Waals surface area (Å²) in [5, 5.41) is 8.59. The van der Waals surface area contributed by atoms with Crippen molar-refractivity contribution in [2.75, 3.05) is 0 Å². The van der Waals surface area contributed by atoms with Crippen LogP contribution < -0.4 is 0 Å². The lowest BCUT2D eigenvalue weighted by molar-refractivity contribution is 0.883. The minimum atomic E-state index is 0.784. The Kier molecular flexibility index (Phi) is 3.29. The van der Waals surface area contributed by atoms with Crippen molar-refractivity contribution in [1.29, 1.82) is 0 Å². The minimum absolute atomic E-state index is 0.784. The maximum Gasteiger partial charge on any atom is 0.187 e. The van der Waals surface area contributed by atoms with Crippen molar-refractivity contribution < 1.29 is 0 Å². The monoisotopic (exact) mass is 264 g/mol. The summed E-state index contributed by atoms with van der Waals surface area (Å²) >= 11 is 0. The van der Waals surface area contributed by atoms with Gasteiger partial charge in [-0.15, -0.1) is 10.2 Å². The molecule has 2 aromatic heterocycles. The fourth-order valence-corrected chi connectivity index (χ4v) is 2.17. The smallest absolute Gasteiger partial charge is 0.187 e. The minimum Gasteiger partial charge on any atom is -0.278 e. The van der Waals surface area contributed by atoms with E-state index in [2.05, 4.69) is 57.9 Å². The second-order valence-corrected chi connectivity index (χ2v) is 4.68. The normalized spacial score (nSPS) is 10.7. The van der Waals surface area contributed by atoms with Gasteiger partial charge in [0.2, 0.25) is 0 Å². The largest absolute Gasteiger partial charge is 0.278 e. The van der Waals surface area contributed by atoms with E-state index in [-0.39, 0.29) is 0 Å². The van der Waals surface area contributed by atoms with Crippen molar-refractivity contribution in [3.05, 3.63) is 60.0 Å². The summed E-state index contributed by atoms with van der Waals surface area (Å²) in [6.07, 6.45) is 2.60. The second-order valence-electron chi connectivity index (χ2n) is 4.68. The van der Waals surface area contributed by atoms with Crippen molar-refractivity contribution in [2.45, 2.75) is 20.3 Å². The number of hydrogen-bond donors (Lipinski definition) is 0. The van der Waals surface area contributed by atoms with Gasteiger partial charge in [-0.1, -0.05) is 30.7 Å². The first-order chi connectivity index (χ1) is 9.79. The number of hydrogen-bond acceptors (Lipinski definition) is 3. The van der Waals surface area contributed by atoms with Crippen LogP contribution in [0.2, 0.25) is 0 Å². The van der Waals surface area contributed by atoms with Crippen LogP contribution in [0.1, 0.15) is 18.3 Å². The molecular formula is C16H16N4. The Balaban J connectivity index is 2.18. The highest BCUT2D eigenvalue weighted by Gasteiger charge is 2.14. The lowest BCUT2D eigenvalue weighted by Gasteiger charge is -2.09. The summed E-state index contributed by atoms with van der Waals surface area (Å²) in [5.74, 6) is 1.72. The molecule has 0 amide bonds. The molecule has 0 aliphatic rings. The molecule has 100 valence electrons. The maximum atomic E-state index is 4.38. The van der Waals surface area contributed by atoms with Crippen molar-refractivity contribution in [1.82, 2.24) is 19.7 Å². The number of benzene rings is 1. The zero-order valence-electron chi connectivity index (χ0n) is 11.6. The van der Waals surface area contributed by atoms with Gasteiger partial charge in [0.1, 0.15) is 11.5 Å². The molecule has 20 heavy (non-hydrogen) atoms. The molecule has 0 spiro atoms. The van der Waals surface area contributed by atoms with Crippen molar-refractivity contribution in [3.8, 4) is 17.2 Å². The lowest BCUT2D eigenvalue weighted by Crippen LogP contribution is -2.03. The highest BCUT2D eigenvalue weighted by atomic mass is 15.3. The van der Waals surface area contributed by atoms with Gasteiger partial charge in [-0.2, -0.15) is 0 Å². The van der Waals surface area contributed by atoms with Gasteiger partial charge in [-0.3, -0.25) is 9.55 Å². The molecule has 0 bridgehead atoms. The Morgan fingerprint density at radius 2 is 1.80 bits per heavy atom. The Hall–Kier alpha value is -2.49. The van der Waals surface area contributed by atoms with Gasteiger partial charge in [0, 0.05) is 18.3 Å². The quantitative estimate of drug-likeness (QED) is 0.729. The molecule has 0 atom stereocenters. The van der Waals surface area contributed by atoms with E-state index in [4.69, 9.17) is 0 Å². The Morgan fingerprint density at radius 3 is 2.45 bits per heavy atom. The molecule has 0 aliphatic carbocycles. The molecule has 0 saturated heterocycles. The molecule has 0 fully saturated rings. The molecule has 0 radical (unpaired) electrons. The summed E-state index contributed by atoms with van der Waals surface area (Å²) in [6.45, 7) is 4.16. The standard InChI is InChI=1S/C16H16N4/c1-3-15-18-19-16(14-6-4-5-11-17-14)20(15)13-9-7-12(2)8-10-13/h4-11H,3H2,1-2H3. The molecule has 4 heteroatoms. The SMILES string of the molecule is CCc1nnc(-c2ccccn2)n1-c1ccc(C)cc1. The van der Waals surface area contributed by atoms with Crippen molar-refractivity contribution in [3.63, 3.8) is 0 Å². The van der Waals surface area contributed by atoms with Gasteiger partial charge >= 0.3 is 0 Å². The fraction of sp³-hybridized carbons (Fsp3) is 0.188. The van der Waals surface area contributed by atoms with Gasteiger partial charge in [0.25, 0.3) is 0 Å². The van der Waals surface area contributed by atoms with E-state index in [9.17, 15) is 0 Å². The van der Waals surface area contributed by atoms with Gasteiger partial charge in [-0.25, -0.2) is 0 Å². The van der Waals surface area contributed by atoms with Crippen LogP contribution in [0.5, 0.6) is 0 Å². The third-order valence-corrected chi connectivity index (χ3v) is 3.23. The lowest BCUT2D eigenvalue weighted by atomic mass is 10.2. The van der Waals surface area contributed by atoms with Crippen LogP contribution in [0.25, 0.3) is 17.2 Å². The maximum absolute atomic E-state index is 4.38. The molecule has 1 aromatic carbocycles. The van der Waals surface area contributed by atoms with Crippen LogP contribution in [0.3, 0.4) is 0 Å². The van der Waals surface area contributed by atoms with E-state index in [0.29, 0.717) is 0 Å². The Labute approximate surface area is 118 Å². The third-order valence-electron chi connectivity index (χ3n) is 3.23. The summed E-state index contributed by atoms with van der Waals surface area (Å²) in [6, 6.07) is 14.2. The molecular weight excluding hydrogens is 248 g/mol. The molecule has 3 rings (SSSR count). The molecule has 0 N–H and O–H groups in total. The van der Waals surface area contributed by atoms with Gasteiger partial charge in [-0.05, 0) is 31.2 Å². The first-order valence-electron chi connectivity index (χ1n) is 6.72. The first kappa shape index (κ1) is 12.5. The average Bonchev–Trinajstić information content (AvgIpc) is 2.93. The van der Waals surface area contributed by atoms with Crippen LogP contribution in [0.4, 0.5) is 0 Å². The number of nitrogens with zero attached hydrogens (tertiary/aromatic N) is 4. The molecule has 3 aromatic rings. The topological polar surface area (TPSA) is 43.6 Å². The van der Waals surface area contributed by atoms with Crippen LogP contribution in [0, 0.1) is 6.92 Å². The summed E-state index contributed by atoms with van der Waals surface area (Å²) in [7, 11) is 0. The van der Waals surface area contributed by atoms with E-state index < -0.39 is 0 Å². The number of rotatable bonds is 3. The average molecular weight is 264 g/mol. The van der Waals surface area contributed by atoms with Crippen molar-refractivity contribution >= 4 is 0 Å². The van der Waals surface area contributed by atoms with Crippen LogP contribution >= 0.6 is 0 Å². The zero-order chi connectivity index (χ0) is 13.9. The predicted molar refractivity (Wildman–Crippen MR) is 78.7 cm³/mol. The molecule has 0 aliphatic heterocycles. The predicted octanol–water partition coefficient (Wildman–Crippen LogP) is 3.20. The first-order valence-corrected chi connectivity index (χ1v) is 6.72. The van der Waals surface area contributed by atoms with Crippen LogP contribution in [0.15, 0.2) is 48.7 Å². The second kappa shape index (κ2) is 5.25. The number of pyridine rings is 1. The van der Waals surface area contributed by atoms with E-state index >= 15 is 0 Å². The fourth-order valence-electron chi connectivity index (χ4n) is 2.17. The Bertz CT molecular complexity index is 699. The molecule has 0 unspecified atom stereocenters. The third kappa shape index (κ3) is 2.20. The molecule has 4 nitrogen and oxygen atoms in total. The summed E-state index contributed by atoms with van der Waals surface area (Å²) < 4.78 is 2.07. The van der Waals surface area contributed by atoms with E-state index in [0.717, 1.165) is 29.5 Å². The molecule has 0 saturated carbocycles.